The Bertz CT molecular complexity index is 607. The van der Waals surface area contributed by atoms with Crippen molar-refractivity contribution in [3.63, 3.8) is 0 Å². The molecule has 0 saturated carbocycles. The van der Waals surface area contributed by atoms with Gasteiger partial charge in [-0.05, 0) is 19.9 Å². The van der Waals surface area contributed by atoms with Crippen LogP contribution in [0.5, 0.6) is 5.75 Å². The van der Waals surface area contributed by atoms with Crippen molar-refractivity contribution in [3.8, 4) is 5.75 Å². The molecule has 0 saturated heterocycles. The van der Waals surface area contributed by atoms with Crippen LogP contribution >= 0.6 is 0 Å². The number of carbonyl (C=O) groups is 2. The summed E-state index contributed by atoms with van der Waals surface area (Å²) < 4.78 is 11.0. The van der Waals surface area contributed by atoms with E-state index < -0.39 is 11.0 Å². The van der Waals surface area contributed by atoms with E-state index in [2.05, 4.69) is 5.32 Å². The molecule has 0 spiro atoms. The van der Waals surface area contributed by atoms with Crippen molar-refractivity contribution in [1.82, 2.24) is 5.32 Å². The minimum atomic E-state index is -0.487. The molecule has 1 aromatic carbocycles. The Morgan fingerprint density at radius 2 is 1.87 bits per heavy atom. The normalized spacial score (nSPS) is 20.8. The zero-order chi connectivity index (χ0) is 17.3. The molecule has 1 N–H and O–H groups in total. The SMILES string of the molecule is CC(=O)OCCNC(=O)C1c2ccccc2OC(C)(C)C1(C)C. The van der Waals surface area contributed by atoms with Gasteiger partial charge in [0.2, 0.25) is 5.91 Å². The van der Waals surface area contributed by atoms with Crippen LogP contribution in [0.15, 0.2) is 24.3 Å². The van der Waals surface area contributed by atoms with Crippen LogP contribution in [-0.4, -0.2) is 30.6 Å². The van der Waals surface area contributed by atoms with Crippen LogP contribution in [0.25, 0.3) is 0 Å². The highest BCUT2D eigenvalue weighted by Gasteiger charge is 2.52. The molecule has 5 nitrogen and oxygen atoms in total. The summed E-state index contributed by atoms with van der Waals surface area (Å²) in [7, 11) is 0. The number of esters is 1. The molecule has 0 bridgehead atoms. The van der Waals surface area contributed by atoms with E-state index in [1.807, 2.05) is 52.0 Å². The molecule has 2 rings (SSSR count). The number of benzene rings is 1. The number of hydrogen-bond donors (Lipinski definition) is 1. The van der Waals surface area contributed by atoms with Gasteiger partial charge in [-0.3, -0.25) is 9.59 Å². The molecule has 1 amide bonds. The van der Waals surface area contributed by atoms with Gasteiger partial charge < -0.3 is 14.8 Å². The molecule has 1 aromatic rings. The fourth-order valence-corrected chi connectivity index (χ4v) is 2.89. The van der Waals surface area contributed by atoms with Gasteiger partial charge in [-0.25, -0.2) is 0 Å². The van der Waals surface area contributed by atoms with Gasteiger partial charge in [-0.2, -0.15) is 0 Å². The van der Waals surface area contributed by atoms with E-state index >= 15 is 0 Å². The molecule has 1 heterocycles. The second-order valence-corrected chi connectivity index (χ2v) is 6.94. The second-order valence-electron chi connectivity index (χ2n) is 6.94. The maximum absolute atomic E-state index is 12.8. The van der Waals surface area contributed by atoms with Gasteiger partial charge in [-0.1, -0.05) is 32.0 Å². The number of ether oxygens (including phenoxy) is 2. The third-order valence-corrected chi connectivity index (χ3v) is 4.84. The molecule has 5 heteroatoms. The fraction of sp³-hybridized carbons (Fsp3) is 0.556. The van der Waals surface area contributed by atoms with Crippen LogP contribution in [0.3, 0.4) is 0 Å². The predicted octanol–water partition coefficient (Wildman–Crippen LogP) is 2.65. The number of para-hydroxylation sites is 1. The maximum atomic E-state index is 12.8. The Kier molecular flexibility index (Phi) is 4.68. The molecule has 0 aliphatic carbocycles. The first-order valence-corrected chi connectivity index (χ1v) is 7.86. The van der Waals surface area contributed by atoms with Gasteiger partial charge in [0.1, 0.15) is 18.0 Å². The standard InChI is InChI=1S/C18H25NO4/c1-12(20)22-11-10-19-16(21)15-13-8-6-7-9-14(13)23-18(4,5)17(15,2)3/h6-9,15H,10-11H2,1-5H3,(H,19,21). The first-order valence-electron chi connectivity index (χ1n) is 7.86. The number of rotatable bonds is 4. The maximum Gasteiger partial charge on any atom is 0.302 e. The molecule has 0 radical (unpaired) electrons. The van der Waals surface area contributed by atoms with Crippen molar-refractivity contribution in [2.75, 3.05) is 13.2 Å². The van der Waals surface area contributed by atoms with Gasteiger partial charge >= 0.3 is 5.97 Å². The van der Waals surface area contributed by atoms with Crippen LogP contribution < -0.4 is 10.1 Å². The van der Waals surface area contributed by atoms with E-state index in [1.54, 1.807) is 0 Å². The highest BCUT2D eigenvalue weighted by atomic mass is 16.5. The molecular weight excluding hydrogens is 294 g/mol. The second kappa shape index (κ2) is 6.22. The molecule has 1 aliphatic rings. The number of carbonyl (C=O) groups excluding carboxylic acids is 2. The smallest absolute Gasteiger partial charge is 0.302 e. The summed E-state index contributed by atoms with van der Waals surface area (Å²) in [5.74, 6) is -0.0140. The number of fused-ring (bicyclic) bond motifs is 1. The summed E-state index contributed by atoms with van der Waals surface area (Å²) in [5, 5.41) is 2.87. The van der Waals surface area contributed by atoms with Crippen molar-refractivity contribution in [2.45, 2.75) is 46.1 Å². The Morgan fingerprint density at radius 3 is 2.52 bits per heavy atom. The lowest BCUT2D eigenvalue weighted by Crippen LogP contribution is -2.55. The predicted molar refractivity (Wildman–Crippen MR) is 87.3 cm³/mol. The quantitative estimate of drug-likeness (QED) is 0.684. The van der Waals surface area contributed by atoms with Crippen molar-refractivity contribution < 1.29 is 19.1 Å². The molecule has 1 atom stereocenters. The molecule has 23 heavy (non-hydrogen) atoms. The van der Waals surface area contributed by atoms with E-state index in [9.17, 15) is 9.59 Å². The van der Waals surface area contributed by atoms with E-state index in [-0.39, 0.29) is 24.4 Å². The van der Waals surface area contributed by atoms with Crippen molar-refractivity contribution in [3.05, 3.63) is 29.8 Å². The van der Waals surface area contributed by atoms with Gasteiger partial charge in [-0.15, -0.1) is 0 Å². The molecule has 1 unspecified atom stereocenters. The molecular formula is C18H25NO4. The molecule has 1 aliphatic heterocycles. The average molecular weight is 319 g/mol. The van der Waals surface area contributed by atoms with Crippen LogP contribution in [0, 0.1) is 5.41 Å². The number of nitrogens with one attached hydrogen (secondary N) is 1. The Morgan fingerprint density at radius 1 is 1.22 bits per heavy atom. The zero-order valence-corrected chi connectivity index (χ0v) is 14.4. The summed E-state index contributed by atoms with van der Waals surface area (Å²) in [6.45, 7) is 9.91. The Hall–Kier alpha value is -2.04. The average Bonchev–Trinajstić information content (AvgIpc) is 2.44. The summed E-state index contributed by atoms with van der Waals surface area (Å²) in [6.07, 6.45) is 0. The van der Waals surface area contributed by atoms with Gasteiger partial charge in [0.05, 0.1) is 12.5 Å². The van der Waals surface area contributed by atoms with Gasteiger partial charge in [0.25, 0.3) is 0 Å². The molecule has 126 valence electrons. The van der Waals surface area contributed by atoms with Crippen molar-refractivity contribution >= 4 is 11.9 Å². The van der Waals surface area contributed by atoms with Crippen LogP contribution in [0.4, 0.5) is 0 Å². The third kappa shape index (κ3) is 3.33. The topological polar surface area (TPSA) is 64.6 Å². The first-order chi connectivity index (χ1) is 10.7. The van der Waals surface area contributed by atoms with Crippen LogP contribution in [-0.2, 0) is 14.3 Å². The van der Waals surface area contributed by atoms with E-state index in [4.69, 9.17) is 9.47 Å². The van der Waals surface area contributed by atoms with E-state index in [0.717, 1.165) is 11.3 Å². The third-order valence-electron chi connectivity index (χ3n) is 4.84. The number of amides is 1. The van der Waals surface area contributed by atoms with Gasteiger partial charge in [0, 0.05) is 17.9 Å². The fourth-order valence-electron chi connectivity index (χ4n) is 2.89. The minimum Gasteiger partial charge on any atom is -0.487 e. The lowest BCUT2D eigenvalue weighted by atomic mass is 9.63. The van der Waals surface area contributed by atoms with E-state index in [1.165, 1.54) is 6.92 Å². The van der Waals surface area contributed by atoms with E-state index in [0.29, 0.717) is 6.54 Å². The summed E-state index contributed by atoms with van der Waals surface area (Å²) >= 11 is 0. The van der Waals surface area contributed by atoms with Crippen LogP contribution in [0.2, 0.25) is 0 Å². The summed E-state index contributed by atoms with van der Waals surface area (Å²) in [6, 6.07) is 7.65. The number of hydrogen-bond acceptors (Lipinski definition) is 4. The Balaban J connectivity index is 2.23. The Labute approximate surface area is 137 Å². The lowest BCUT2D eigenvalue weighted by molar-refractivity contribution is -0.142. The highest BCUT2D eigenvalue weighted by Crippen LogP contribution is 2.52. The van der Waals surface area contributed by atoms with Crippen molar-refractivity contribution in [1.29, 1.82) is 0 Å². The molecule has 0 aromatic heterocycles. The summed E-state index contributed by atoms with van der Waals surface area (Å²) in [5.41, 5.74) is 0.00774. The van der Waals surface area contributed by atoms with Gasteiger partial charge in [0.15, 0.2) is 0 Å². The summed E-state index contributed by atoms with van der Waals surface area (Å²) in [4.78, 5) is 23.6. The molecule has 0 fully saturated rings. The zero-order valence-electron chi connectivity index (χ0n) is 14.4. The monoisotopic (exact) mass is 319 g/mol. The van der Waals surface area contributed by atoms with Crippen molar-refractivity contribution in [2.24, 2.45) is 5.41 Å². The highest BCUT2D eigenvalue weighted by molar-refractivity contribution is 5.86. The minimum absolute atomic E-state index is 0.0778. The lowest BCUT2D eigenvalue weighted by Gasteiger charge is -2.50. The largest absolute Gasteiger partial charge is 0.487 e. The first kappa shape index (κ1) is 17.3. The van der Waals surface area contributed by atoms with Crippen LogP contribution in [0.1, 0.15) is 46.1 Å².